The summed E-state index contributed by atoms with van der Waals surface area (Å²) in [6.07, 6.45) is 6.08. The predicted octanol–water partition coefficient (Wildman–Crippen LogP) is 2.81. The molecule has 1 saturated carbocycles. The van der Waals surface area contributed by atoms with Crippen LogP contribution in [-0.4, -0.2) is 67.4 Å². The van der Waals surface area contributed by atoms with Gasteiger partial charge in [-0.2, -0.15) is 0 Å². The highest BCUT2D eigenvalue weighted by Gasteiger charge is 2.49. The van der Waals surface area contributed by atoms with Gasteiger partial charge in [0.1, 0.15) is 6.61 Å². The molecule has 1 aliphatic carbocycles. The summed E-state index contributed by atoms with van der Waals surface area (Å²) in [5.74, 6) is 0.484. The highest BCUT2D eigenvalue weighted by Crippen LogP contribution is 2.35. The highest BCUT2D eigenvalue weighted by molar-refractivity contribution is 5.80. The lowest BCUT2D eigenvalue weighted by Gasteiger charge is -2.51. The van der Waals surface area contributed by atoms with Gasteiger partial charge in [-0.25, -0.2) is 4.79 Å². The first-order valence-corrected chi connectivity index (χ1v) is 11.7. The number of nitrogens with zero attached hydrogens (tertiary/aromatic N) is 1. The fourth-order valence-corrected chi connectivity index (χ4v) is 5.44. The summed E-state index contributed by atoms with van der Waals surface area (Å²) in [5.41, 5.74) is 0.844. The van der Waals surface area contributed by atoms with E-state index in [1.54, 1.807) is 0 Å². The van der Waals surface area contributed by atoms with Crippen molar-refractivity contribution in [2.24, 2.45) is 0 Å². The minimum Gasteiger partial charge on any atom is -0.376 e. The Morgan fingerprint density at radius 3 is 2.74 bits per heavy atom. The van der Waals surface area contributed by atoms with Gasteiger partial charge >= 0.3 is 6.03 Å². The largest absolute Gasteiger partial charge is 0.376 e. The molecule has 3 amide bonds. The van der Waals surface area contributed by atoms with Crippen molar-refractivity contribution in [3.8, 4) is 0 Å². The first-order chi connectivity index (χ1) is 15.1. The molecule has 2 heterocycles. The van der Waals surface area contributed by atoms with Gasteiger partial charge in [0.05, 0.1) is 30.9 Å². The van der Waals surface area contributed by atoms with Gasteiger partial charge in [0.2, 0.25) is 5.91 Å². The molecule has 31 heavy (non-hydrogen) atoms. The molecule has 4 rings (SSSR count). The first-order valence-electron chi connectivity index (χ1n) is 11.7. The number of ether oxygens (including phenoxy) is 2. The molecule has 0 aromatic heterocycles. The number of likely N-dealkylation sites (tertiary alicyclic amines) is 1. The van der Waals surface area contributed by atoms with Crippen molar-refractivity contribution in [3.05, 3.63) is 35.9 Å². The standard InChI is InChI=1S/C24H35N3O4/c1-2-25-23(29)27-14-6-13-24(17-30-16-22(28)26-24)21(27)15-31-20-11-9-19(10-12-20)18-7-4-3-5-8-18/h3-5,7-8,19-21H,2,6,9-17H2,1H3,(H,25,29)(H,26,28)/t19-,20+,21-,24+/m1/s1. The maximum absolute atomic E-state index is 12.8. The number of carbonyl (C=O) groups is 2. The summed E-state index contributed by atoms with van der Waals surface area (Å²) >= 11 is 0. The van der Waals surface area contributed by atoms with Crippen molar-refractivity contribution in [3.63, 3.8) is 0 Å². The number of hydrogen-bond acceptors (Lipinski definition) is 4. The molecule has 0 unspecified atom stereocenters. The van der Waals surface area contributed by atoms with E-state index < -0.39 is 5.54 Å². The SMILES string of the molecule is CCNC(=O)N1CCC[C@]2(COCC(=O)N2)[C@H]1CO[C@H]1CC[C@@H](c2ccccc2)CC1. The van der Waals surface area contributed by atoms with Crippen LogP contribution in [0, 0.1) is 0 Å². The minimum atomic E-state index is -0.570. The molecule has 3 fully saturated rings. The fraction of sp³-hybridized carbons (Fsp3) is 0.667. The Morgan fingerprint density at radius 1 is 1.26 bits per heavy atom. The number of morpholine rings is 1. The van der Waals surface area contributed by atoms with Gasteiger partial charge < -0.3 is 25.0 Å². The van der Waals surface area contributed by atoms with Crippen molar-refractivity contribution < 1.29 is 19.1 Å². The van der Waals surface area contributed by atoms with E-state index in [0.29, 0.717) is 32.2 Å². The summed E-state index contributed by atoms with van der Waals surface area (Å²) in [6.45, 7) is 4.07. The number of carbonyl (C=O) groups excluding carboxylic acids is 2. The summed E-state index contributed by atoms with van der Waals surface area (Å²) in [4.78, 5) is 26.8. The zero-order chi connectivity index (χ0) is 21.7. The molecule has 0 bridgehead atoms. The van der Waals surface area contributed by atoms with Gasteiger partial charge in [-0.05, 0) is 56.9 Å². The number of benzene rings is 1. The zero-order valence-corrected chi connectivity index (χ0v) is 18.5. The van der Waals surface area contributed by atoms with Gasteiger partial charge in [-0.1, -0.05) is 30.3 Å². The lowest BCUT2D eigenvalue weighted by atomic mass is 9.80. The van der Waals surface area contributed by atoms with Crippen LogP contribution in [0.5, 0.6) is 0 Å². The second-order valence-electron chi connectivity index (χ2n) is 9.06. The van der Waals surface area contributed by atoms with Crippen molar-refractivity contribution in [2.45, 2.75) is 69.1 Å². The van der Waals surface area contributed by atoms with Gasteiger partial charge in [-0.3, -0.25) is 4.79 Å². The predicted molar refractivity (Wildman–Crippen MR) is 118 cm³/mol. The van der Waals surface area contributed by atoms with E-state index in [0.717, 1.165) is 38.5 Å². The van der Waals surface area contributed by atoms with Gasteiger partial charge in [0, 0.05) is 13.1 Å². The van der Waals surface area contributed by atoms with Gasteiger partial charge in [-0.15, -0.1) is 0 Å². The van der Waals surface area contributed by atoms with Crippen LogP contribution >= 0.6 is 0 Å². The third-order valence-corrected chi connectivity index (χ3v) is 7.04. The minimum absolute atomic E-state index is 0.0833. The molecule has 0 radical (unpaired) electrons. The molecule has 7 heteroatoms. The molecule has 170 valence electrons. The molecular weight excluding hydrogens is 394 g/mol. The Bertz CT molecular complexity index is 746. The number of urea groups is 1. The summed E-state index contributed by atoms with van der Waals surface area (Å²) < 4.78 is 12.0. The third kappa shape index (κ3) is 5.04. The Kier molecular flexibility index (Phi) is 7.13. The van der Waals surface area contributed by atoms with Crippen LogP contribution in [0.3, 0.4) is 0 Å². The number of amides is 3. The van der Waals surface area contributed by atoms with E-state index in [1.165, 1.54) is 5.56 Å². The third-order valence-electron chi connectivity index (χ3n) is 7.04. The topological polar surface area (TPSA) is 79.9 Å². The molecular formula is C24H35N3O4. The maximum atomic E-state index is 12.8. The lowest BCUT2D eigenvalue weighted by Crippen LogP contribution is -2.72. The van der Waals surface area contributed by atoms with E-state index >= 15 is 0 Å². The van der Waals surface area contributed by atoms with Crippen LogP contribution in [-0.2, 0) is 14.3 Å². The average molecular weight is 430 g/mol. The van der Waals surface area contributed by atoms with Crippen LogP contribution in [0.1, 0.15) is 56.9 Å². The van der Waals surface area contributed by atoms with Gasteiger partial charge in [0.25, 0.3) is 0 Å². The summed E-state index contributed by atoms with van der Waals surface area (Å²) in [7, 11) is 0. The smallest absolute Gasteiger partial charge is 0.317 e. The second-order valence-corrected chi connectivity index (χ2v) is 9.06. The Labute approximate surface area is 184 Å². The number of hydrogen-bond donors (Lipinski definition) is 2. The van der Waals surface area contributed by atoms with Gasteiger partial charge in [0.15, 0.2) is 0 Å². The lowest BCUT2D eigenvalue weighted by molar-refractivity contribution is -0.143. The van der Waals surface area contributed by atoms with Crippen molar-refractivity contribution in [2.75, 3.05) is 32.9 Å². The molecule has 1 aromatic carbocycles. The van der Waals surface area contributed by atoms with Crippen LogP contribution in [0.25, 0.3) is 0 Å². The molecule has 7 nitrogen and oxygen atoms in total. The van der Waals surface area contributed by atoms with Crippen LogP contribution in [0.4, 0.5) is 4.79 Å². The monoisotopic (exact) mass is 429 g/mol. The number of nitrogens with one attached hydrogen (secondary N) is 2. The maximum Gasteiger partial charge on any atom is 0.317 e. The summed E-state index contributed by atoms with van der Waals surface area (Å²) in [6, 6.07) is 10.4. The van der Waals surface area contributed by atoms with Crippen molar-refractivity contribution in [1.82, 2.24) is 15.5 Å². The second kappa shape index (κ2) is 10.0. The fourth-order valence-electron chi connectivity index (χ4n) is 5.44. The quantitative estimate of drug-likeness (QED) is 0.754. The average Bonchev–Trinajstić information content (AvgIpc) is 2.79. The van der Waals surface area contributed by atoms with Crippen LogP contribution in [0.15, 0.2) is 30.3 Å². The Morgan fingerprint density at radius 2 is 2.03 bits per heavy atom. The molecule has 1 spiro atoms. The molecule has 1 aromatic rings. The van der Waals surface area contributed by atoms with Crippen molar-refractivity contribution >= 4 is 11.9 Å². The molecule has 2 atom stereocenters. The summed E-state index contributed by atoms with van der Waals surface area (Å²) in [5, 5.41) is 6.08. The first kappa shape index (κ1) is 22.1. The van der Waals surface area contributed by atoms with Crippen LogP contribution in [0.2, 0.25) is 0 Å². The molecule has 2 aliphatic heterocycles. The van der Waals surface area contributed by atoms with Crippen molar-refractivity contribution in [1.29, 1.82) is 0 Å². The number of piperidine rings is 1. The van der Waals surface area contributed by atoms with E-state index in [1.807, 2.05) is 11.8 Å². The van der Waals surface area contributed by atoms with E-state index in [9.17, 15) is 9.59 Å². The zero-order valence-electron chi connectivity index (χ0n) is 18.5. The Hall–Kier alpha value is -2.12. The van der Waals surface area contributed by atoms with E-state index in [-0.39, 0.29) is 30.7 Å². The molecule has 2 saturated heterocycles. The normalized spacial score (nSPS) is 31.3. The Balaban J connectivity index is 1.40. The van der Waals surface area contributed by atoms with Crippen LogP contribution < -0.4 is 10.6 Å². The van der Waals surface area contributed by atoms with E-state index in [2.05, 4.69) is 41.0 Å². The molecule has 3 aliphatic rings. The van der Waals surface area contributed by atoms with E-state index in [4.69, 9.17) is 9.47 Å². The number of rotatable bonds is 5. The highest BCUT2D eigenvalue weighted by atomic mass is 16.5. The molecule has 2 N–H and O–H groups in total.